The lowest BCUT2D eigenvalue weighted by molar-refractivity contribution is -0.133. The largest absolute Gasteiger partial charge is 0.497 e. The summed E-state index contributed by atoms with van der Waals surface area (Å²) in [5.41, 5.74) is 0.984. The van der Waals surface area contributed by atoms with Crippen LogP contribution in [-0.2, 0) is 16.1 Å². The highest BCUT2D eigenvalue weighted by molar-refractivity contribution is 5.88. The van der Waals surface area contributed by atoms with Gasteiger partial charge in [0, 0.05) is 30.2 Å². The first-order valence-electron chi connectivity index (χ1n) is 7.44. The van der Waals surface area contributed by atoms with Crippen LogP contribution in [-0.4, -0.2) is 47.5 Å². The number of nitrogens with zero attached hydrogens (tertiary/aromatic N) is 2. The Morgan fingerprint density at radius 3 is 2.87 bits per heavy atom. The fourth-order valence-corrected chi connectivity index (χ4v) is 2.75. The predicted molar refractivity (Wildman–Crippen MR) is 87.2 cm³/mol. The molecule has 120 valence electrons. The summed E-state index contributed by atoms with van der Waals surface area (Å²) in [6.07, 6.45) is 3.18. The summed E-state index contributed by atoms with van der Waals surface area (Å²) in [4.78, 5) is 25.2. The molecule has 1 aliphatic rings. The molecule has 0 spiro atoms. The van der Waals surface area contributed by atoms with Crippen molar-refractivity contribution < 1.29 is 14.3 Å². The van der Waals surface area contributed by atoms with Crippen molar-refractivity contribution in [1.29, 1.82) is 0 Å². The van der Waals surface area contributed by atoms with Gasteiger partial charge in [0.25, 0.3) is 0 Å². The van der Waals surface area contributed by atoms with E-state index in [1.165, 1.54) is 6.08 Å². The molecule has 23 heavy (non-hydrogen) atoms. The summed E-state index contributed by atoms with van der Waals surface area (Å²) in [6.45, 7) is 4.79. The standard InChI is InChI=1S/C17H19N3O3/c1-3-17(22)20-9-13(10-20)18-16(21)11-19-7-6-12-8-14(23-2)4-5-15(12)19/h3-8,13H,1,9-11H2,2H3,(H,18,21). The van der Waals surface area contributed by atoms with Crippen LogP contribution in [0.4, 0.5) is 0 Å². The normalized spacial score (nSPS) is 14.4. The quantitative estimate of drug-likeness (QED) is 0.843. The van der Waals surface area contributed by atoms with Crippen molar-refractivity contribution in [2.24, 2.45) is 0 Å². The molecular formula is C17H19N3O3. The van der Waals surface area contributed by atoms with E-state index < -0.39 is 0 Å². The van der Waals surface area contributed by atoms with Crippen LogP contribution >= 0.6 is 0 Å². The number of amides is 2. The fourth-order valence-electron chi connectivity index (χ4n) is 2.75. The third kappa shape index (κ3) is 3.06. The highest BCUT2D eigenvalue weighted by Gasteiger charge is 2.30. The Morgan fingerprint density at radius 1 is 1.39 bits per heavy atom. The molecule has 0 bridgehead atoms. The van der Waals surface area contributed by atoms with E-state index in [4.69, 9.17) is 4.74 Å². The first-order valence-corrected chi connectivity index (χ1v) is 7.44. The van der Waals surface area contributed by atoms with E-state index in [0.29, 0.717) is 13.1 Å². The molecule has 2 amide bonds. The Balaban J connectivity index is 1.59. The van der Waals surface area contributed by atoms with Crippen molar-refractivity contribution >= 4 is 22.7 Å². The zero-order valence-corrected chi connectivity index (χ0v) is 13.0. The molecule has 1 aromatic heterocycles. The van der Waals surface area contributed by atoms with Crippen LogP contribution in [0.5, 0.6) is 5.75 Å². The molecule has 6 nitrogen and oxygen atoms in total. The molecule has 3 rings (SSSR count). The molecule has 1 saturated heterocycles. The molecular weight excluding hydrogens is 294 g/mol. The lowest BCUT2D eigenvalue weighted by Gasteiger charge is -2.38. The minimum absolute atomic E-state index is 0.0216. The Kier molecular flexibility index (Phi) is 4.06. The number of carbonyl (C=O) groups is 2. The van der Waals surface area contributed by atoms with E-state index in [1.54, 1.807) is 12.0 Å². The SMILES string of the molecule is C=CC(=O)N1CC(NC(=O)Cn2ccc3cc(OC)ccc32)C1. The molecule has 0 unspecified atom stereocenters. The molecule has 2 aromatic rings. The summed E-state index contributed by atoms with van der Waals surface area (Å²) in [6, 6.07) is 7.73. The van der Waals surface area contributed by atoms with Gasteiger partial charge in [-0.2, -0.15) is 0 Å². The maximum atomic E-state index is 12.1. The van der Waals surface area contributed by atoms with Crippen LogP contribution in [0.3, 0.4) is 0 Å². The van der Waals surface area contributed by atoms with Gasteiger partial charge in [-0.25, -0.2) is 0 Å². The van der Waals surface area contributed by atoms with Gasteiger partial charge in [0.05, 0.1) is 13.2 Å². The molecule has 1 N–H and O–H groups in total. The van der Waals surface area contributed by atoms with E-state index in [2.05, 4.69) is 11.9 Å². The van der Waals surface area contributed by atoms with Gasteiger partial charge in [-0.1, -0.05) is 6.58 Å². The highest BCUT2D eigenvalue weighted by Crippen LogP contribution is 2.21. The third-order valence-electron chi connectivity index (χ3n) is 4.03. The average molecular weight is 313 g/mol. The van der Waals surface area contributed by atoms with Gasteiger partial charge in [-0.05, 0) is 30.3 Å². The monoisotopic (exact) mass is 313 g/mol. The Bertz CT molecular complexity index is 760. The van der Waals surface area contributed by atoms with Gasteiger partial charge in [-0.3, -0.25) is 9.59 Å². The molecule has 0 aliphatic carbocycles. The molecule has 2 heterocycles. The van der Waals surface area contributed by atoms with Crippen molar-refractivity contribution in [1.82, 2.24) is 14.8 Å². The third-order valence-corrected chi connectivity index (χ3v) is 4.03. The number of benzene rings is 1. The van der Waals surface area contributed by atoms with Gasteiger partial charge < -0.3 is 19.5 Å². The van der Waals surface area contributed by atoms with Gasteiger partial charge in [0.15, 0.2) is 0 Å². The predicted octanol–water partition coefficient (Wildman–Crippen LogP) is 1.16. The van der Waals surface area contributed by atoms with E-state index in [0.717, 1.165) is 16.7 Å². The van der Waals surface area contributed by atoms with Crippen molar-refractivity contribution in [2.45, 2.75) is 12.6 Å². The highest BCUT2D eigenvalue weighted by atomic mass is 16.5. The van der Waals surface area contributed by atoms with Gasteiger partial charge in [-0.15, -0.1) is 0 Å². The minimum Gasteiger partial charge on any atom is -0.497 e. The number of ether oxygens (including phenoxy) is 1. The first kappa shape index (κ1) is 15.1. The topological polar surface area (TPSA) is 63.6 Å². The molecule has 1 fully saturated rings. The second-order valence-electron chi connectivity index (χ2n) is 5.58. The summed E-state index contributed by atoms with van der Waals surface area (Å²) in [5.74, 6) is 0.635. The smallest absolute Gasteiger partial charge is 0.246 e. The summed E-state index contributed by atoms with van der Waals surface area (Å²) < 4.78 is 7.10. The number of hydrogen-bond acceptors (Lipinski definition) is 3. The summed E-state index contributed by atoms with van der Waals surface area (Å²) in [7, 11) is 1.63. The lowest BCUT2D eigenvalue weighted by Crippen LogP contribution is -2.61. The van der Waals surface area contributed by atoms with Crippen molar-refractivity contribution in [3.05, 3.63) is 43.1 Å². The second kappa shape index (κ2) is 6.16. The maximum Gasteiger partial charge on any atom is 0.246 e. The van der Waals surface area contributed by atoms with Crippen molar-refractivity contribution in [2.75, 3.05) is 20.2 Å². The molecule has 6 heteroatoms. The number of carbonyl (C=O) groups excluding carboxylic acids is 2. The van der Waals surface area contributed by atoms with Gasteiger partial charge in [0.1, 0.15) is 12.3 Å². The van der Waals surface area contributed by atoms with Crippen LogP contribution in [0.15, 0.2) is 43.1 Å². The second-order valence-corrected chi connectivity index (χ2v) is 5.58. The van der Waals surface area contributed by atoms with Gasteiger partial charge in [0.2, 0.25) is 11.8 Å². The van der Waals surface area contributed by atoms with Crippen LogP contribution < -0.4 is 10.1 Å². The summed E-state index contributed by atoms with van der Waals surface area (Å²) >= 11 is 0. The van der Waals surface area contributed by atoms with Crippen LogP contribution in [0.1, 0.15) is 0 Å². The number of aromatic nitrogens is 1. The number of hydrogen-bond donors (Lipinski definition) is 1. The molecule has 0 atom stereocenters. The maximum absolute atomic E-state index is 12.1. The molecule has 0 radical (unpaired) electrons. The zero-order valence-electron chi connectivity index (χ0n) is 13.0. The van der Waals surface area contributed by atoms with Gasteiger partial charge >= 0.3 is 0 Å². The van der Waals surface area contributed by atoms with E-state index in [-0.39, 0.29) is 24.4 Å². The Labute approximate surface area is 134 Å². The van der Waals surface area contributed by atoms with E-state index in [9.17, 15) is 9.59 Å². The Hall–Kier alpha value is -2.76. The number of methoxy groups -OCH3 is 1. The fraction of sp³-hybridized carbons (Fsp3) is 0.294. The summed E-state index contributed by atoms with van der Waals surface area (Å²) in [5, 5.41) is 3.97. The average Bonchev–Trinajstić information content (AvgIpc) is 2.91. The first-order chi connectivity index (χ1) is 11.1. The number of likely N-dealkylation sites (tertiary alicyclic amines) is 1. The van der Waals surface area contributed by atoms with Crippen LogP contribution in [0.2, 0.25) is 0 Å². The van der Waals surface area contributed by atoms with Crippen LogP contribution in [0, 0.1) is 0 Å². The molecule has 0 saturated carbocycles. The van der Waals surface area contributed by atoms with Crippen LogP contribution in [0.25, 0.3) is 10.9 Å². The van der Waals surface area contributed by atoms with Crippen molar-refractivity contribution in [3.63, 3.8) is 0 Å². The van der Waals surface area contributed by atoms with Crippen molar-refractivity contribution in [3.8, 4) is 5.75 Å². The molecule has 1 aliphatic heterocycles. The number of rotatable bonds is 5. The lowest BCUT2D eigenvalue weighted by atomic mass is 10.1. The van der Waals surface area contributed by atoms with E-state index >= 15 is 0 Å². The molecule has 1 aromatic carbocycles. The number of fused-ring (bicyclic) bond motifs is 1. The van der Waals surface area contributed by atoms with E-state index in [1.807, 2.05) is 35.0 Å². The minimum atomic E-state index is -0.0964. The Morgan fingerprint density at radius 2 is 2.17 bits per heavy atom. The zero-order chi connectivity index (χ0) is 16.4. The number of nitrogens with one attached hydrogen (secondary N) is 1.